The number of rotatable bonds is 6. The molecule has 7 heteroatoms. The molecule has 3 amide bonds. The molecule has 0 spiro atoms. The molecule has 2 unspecified atom stereocenters. The van der Waals surface area contributed by atoms with Gasteiger partial charge in [-0.15, -0.1) is 0 Å². The van der Waals surface area contributed by atoms with Crippen molar-refractivity contribution in [1.82, 2.24) is 10.6 Å². The standard InChI is InChI=1S/C24H29N3O4/c1-24(2,3)17-7-9-18(10-8-17)26-23(30)21(15-5-11-19(31-4)12-6-15)27-22(29)16-13-20(28)25-14-16/h5-12,16,21H,13-14H2,1-4H3,(H,25,28)(H,26,30)(H,27,29). The predicted octanol–water partition coefficient (Wildman–Crippen LogP) is 2.92. The van der Waals surface area contributed by atoms with Crippen molar-refractivity contribution in [2.24, 2.45) is 5.92 Å². The van der Waals surface area contributed by atoms with E-state index in [2.05, 4.69) is 36.7 Å². The van der Waals surface area contributed by atoms with Crippen LogP contribution in [0.2, 0.25) is 0 Å². The van der Waals surface area contributed by atoms with Gasteiger partial charge in [0.15, 0.2) is 0 Å². The number of amides is 3. The maximum atomic E-state index is 13.1. The Labute approximate surface area is 182 Å². The fourth-order valence-electron chi connectivity index (χ4n) is 3.42. The highest BCUT2D eigenvalue weighted by Gasteiger charge is 2.31. The Bertz CT molecular complexity index is 946. The topological polar surface area (TPSA) is 96.5 Å². The Kier molecular flexibility index (Phi) is 6.63. The first-order valence-electron chi connectivity index (χ1n) is 10.3. The zero-order valence-corrected chi connectivity index (χ0v) is 18.3. The molecule has 1 aliphatic heterocycles. The van der Waals surface area contributed by atoms with Gasteiger partial charge in [0, 0.05) is 18.7 Å². The molecule has 3 rings (SSSR count). The van der Waals surface area contributed by atoms with E-state index in [0.29, 0.717) is 17.0 Å². The van der Waals surface area contributed by atoms with Crippen molar-refractivity contribution in [2.75, 3.05) is 19.0 Å². The second kappa shape index (κ2) is 9.20. The zero-order valence-electron chi connectivity index (χ0n) is 18.3. The minimum atomic E-state index is -0.906. The summed E-state index contributed by atoms with van der Waals surface area (Å²) in [5, 5.41) is 8.34. The smallest absolute Gasteiger partial charge is 0.251 e. The number of carbonyl (C=O) groups is 3. The number of methoxy groups -OCH3 is 1. The molecule has 1 fully saturated rings. The second-order valence-electron chi connectivity index (χ2n) is 8.74. The third kappa shape index (κ3) is 5.63. The largest absolute Gasteiger partial charge is 0.497 e. The highest BCUT2D eigenvalue weighted by atomic mass is 16.5. The summed E-state index contributed by atoms with van der Waals surface area (Å²) in [5.74, 6) is -0.703. The lowest BCUT2D eigenvalue weighted by Gasteiger charge is -2.22. The maximum absolute atomic E-state index is 13.1. The van der Waals surface area contributed by atoms with Crippen molar-refractivity contribution < 1.29 is 19.1 Å². The molecule has 1 aliphatic rings. The summed E-state index contributed by atoms with van der Waals surface area (Å²) in [7, 11) is 1.56. The van der Waals surface area contributed by atoms with Crippen molar-refractivity contribution in [3.05, 3.63) is 59.7 Å². The summed E-state index contributed by atoms with van der Waals surface area (Å²) in [5.41, 5.74) is 2.43. The van der Waals surface area contributed by atoms with E-state index in [0.717, 1.165) is 5.56 Å². The molecule has 0 radical (unpaired) electrons. The normalized spacial score (nSPS) is 16.9. The van der Waals surface area contributed by atoms with Crippen LogP contribution >= 0.6 is 0 Å². The Morgan fingerprint density at radius 1 is 1.06 bits per heavy atom. The summed E-state index contributed by atoms with van der Waals surface area (Å²) in [6, 6.07) is 13.7. The Morgan fingerprint density at radius 2 is 1.71 bits per heavy atom. The molecule has 2 aromatic carbocycles. The molecule has 0 aromatic heterocycles. The van der Waals surface area contributed by atoms with Crippen LogP contribution in [0.3, 0.4) is 0 Å². The quantitative estimate of drug-likeness (QED) is 0.666. The molecular formula is C24H29N3O4. The van der Waals surface area contributed by atoms with Crippen LogP contribution in [0.15, 0.2) is 48.5 Å². The van der Waals surface area contributed by atoms with Crippen LogP contribution < -0.4 is 20.7 Å². The number of carbonyl (C=O) groups excluding carboxylic acids is 3. The number of anilines is 1. The van der Waals surface area contributed by atoms with Gasteiger partial charge in [-0.25, -0.2) is 0 Å². The first-order valence-corrected chi connectivity index (χ1v) is 10.3. The Morgan fingerprint density at radius 3 is 2.23 bits per heavy atom. The van der Waals surface area contributed by atoms with Crippen LogP contribution in [-0.4, -0.2) is 31.4 Å². The van der Waals surface area contributed by atoms with Gasteiger partial charge in [0.1, 0.15) is 11.8 Å². The van der Waals surface area contributed by atoms with Gasteiger partial charge >= 0.3 is 0 Å². The first-order chi connectivity index (χ1) is 14.7. The zero-order chi connectivity index (χ0) is 22.6. The van der Waals surface area contributed by atoms with Gasteiger partial charge in [-0.1, -0.05) is 45.0 Å². The van der Waals surface area contributed by atoms with Crippen molar-refractivity contribution >= 4 is 23.4 Å². The van der Waals surface area contributed by atoms with Crippen LogP contribution in [0.4, 0.5) is 5.69 Å². The summed E-state index contributed by atoms with van der Waals surface area (Å²) >= 11 is 0. The minimum Gasteiger partial charge on any atom is -0.497 e. The number of ether oxygens (including phenoxy) is 1. The van der Waals surface area contributed by atoms with Gasteiger partial charge < -0.3 is 20.7 Å². The molecule has 2 atom stereocenters. The highest BCUT2D eigenvalue weighted by Crippen LogP contribution is 2.25. The van der Waals surface area contributed by atoms with Crippen LogP contribution in [0.5, 0.6) is 5.75 Å². The van der Waals surface area contributed by atoms with Crippen LogP contribution in [0.1, 0.15) is 44.4 Å². The lowest BCUT2D eigenvalue weighted by Crippen LogP contribution is -2.40. The summed E-state index contributed by atoms with van der Waals surface area (Å²) in [6.45, 7) is 6.64. The third-order valence-electron chi connectivity index (χ3n) is 5.36. The Balaban J connectivity index is 1.79. The van der Waals surface area contributed by atoms with Crippen LogP contribution in [0, 0.1) is 5.92 Å². The first kappa shape index (κ1) is 22.3. The Hall–Kier alpha value is -3.35. The van der Waals surface area contributed by atoms with E-state index in [1.54, 1.807) is 31.4 Å². The van der Waals surface area contributed by atoms with Gasteiger partial charge in [-0.3, -0.25) is 14.4 Å². The SMILES string of the molecule is COc1ccc(C(NC(=O)C2CNC(=O)C2)C(=O)Nc2ccc(C(C)(C)C)cc2)cc1. The number of nitrogens with one attached hydrogen (secondary N) is 3. The number of benzene rings is 2. The number of hydrogen-bond acceptors (Lipinski definition) is 4. The van der Waals surface area contributed by atoms with Crippen molar-refractivity contribution in [1.29, 1.82) is 0 Å². The molecule has 1 saturated heterocycles. The average molecular weight is 424 g/mol. The van der Waals surface area contributed by atoms with E-state index in [-0.39, 0.29) is 36.1 Å². The predicted molar refractivity (Wildman–Crippen MR) is 119 cm³/mol. The molecule has 0 aliphatic carbocycles. The lowest BCUT2D eigenvalue weighted by atomic mass is 9.87. The average Bonchev–Trinajstić information content (AvgIpc) is 3.18. The van der Waals surface area contributed by atoms with E-state index in [4.69, 9.17) is 4.74 Å². The molecule has 7 nitrogen and oxygen atoms in total. The molecule has 2 aromatic rings. The van der Waals surface area contributed by atoms with Crippen molar-refractivity contribution in [3.8, 4) is 5.75 Å². The molecule has 164 valence electrons. The fraction of sp³-hybridized carbons (Fsp3) is 0.375. The highest BCUT2D eigenvalue weighted by molar-refractivity contribution is 5.99. The number of hydrogen-bond donors (Lipinski definition) is 3. The van der Waals surface area contributed by atoms with Crippen molar-refractivity contribution in [2.45, 2.75) is 38.6 Å². The van der Waals surface area contributed by atoms with Crippen molar-refractivity contribution in [3.63, 3.8) is 0 Å². The maximum Gasteiger partial charge on any atom is 0.251 e. The van der Waals surface area contributed by atoms with E-state index in [9.17, 15) is 14.4 Å². The monoisotopic (exact) mass is 423 g/mol. The van der Waals surface area contributed by atoms with Crippen LogP contribution in [0.25, 0.3) is 0 Å². The van der Waals surface area contributed by atoms with Gasteiger partial charge in [0.2, 0.25) is 11.8 Å². The van der Waals surface area contributed by atoms with Gasteiger partial charge in [-0.05, 0) is 40.8 Å². The minimum absolute atomic E-state index is 0.00883. The van der Waals surface area contributed by atoms with Gasteiger partial charge in [0.25, 0.3) is 5.91 Å². The van der Waals surface area contributed by atoms with Gasteiger partial charge in [-0.2, -0.15) is 0 Å². The summed E-state index contributed by atoms with van der Waals surface area (Å²) in [6.07, 6.45) is 0.122. The lowest BCUT2D eigenvalue weighted by molar-refractivity contribution is -0.129. The van der Waals surface area contributed by atoms with Gasteiger partial charge in [0.05, 0.1) is 13.0 Å². The molecule has 1 heterocycles. The fourth-order valence-corrected chi connectivity index (χ4v) is 3.42. The van der Waals surface area contributed by atoms with E-state index >= 15 is 0 Å². The van der Waals surface area contributed by atoms with Crippen LogP contribution in [-0.2, 0) is 19.8 Å². The summed E-state index contributed by atoms with van der Waals surface area (Å²) < 4.78 is 5.18. The second-order valence-corrected chi connectivity index (χ2v) is 8.74. The molecular weight excluding hydrogens is 394 g/mol. The van der Waals surface area contributed by atoms with E-state index in [1.165, 1.54) is 0 Å². The molecule has 0 saturated carbocycles. The van der Waals surface area contributed by atoms with E-state index < -0.39 is 12.0 Å². The summed E-state index contributed by atoms with van der Waals surface area (Å²) in [4.78, 5) is 37.3. The third-order valence-corrected chi connectivity index (χ3v) is 5.36. The molecule has 31 heavy (non-hydrogen) atoms. The van der Waals surface area contributed by atoms with E-state index in [1.807, 2.05) is 24.3 Å². The molecule has 3 N–H and O–H groups in total. The molecule has 0 bridgehead atoms.